The first-order chi connectivity index (χ1) is 13.0. The van der Waals surface area contributed by atoms with Crippen molar-refractivity contribution in [1.29, 1.82) is 0 Å². The monoisotopic (exact) mass is 369 g/mol. The molecule has 1 aliphatic heterocycles. The molecule has 1 unspecified atom stereocenters. The first kappa shape index (κ1) is 19.2. The van der Waals surface area contributed by atoms with Crippen LogP contribution in [0.1, 0.15) is 46.0 Å². The van der Waals surface area contributed by atoms with Gasteiger partial charge in [0.2, 0.25) is 0 Å². The summed E-state index contributed by atoms with van der Waals surface area (Å²) in [5.41, 5.74) is 1.92. The normalized spacial score (nSPS) is 15.5. The number of Topliss-reactive ketones (excluding diaryl/α,β-unsaturated/α-hetero) is 2. The first-order valence-electron chi connectivity index (χ1n) is 9.21. The molecule has 0 aliphatic carbocycles. The minimum absolute atomic E-state index is 0.0264. The van der Waals surface area contributed by atoms with Crippen LogP contribution in [0.2, 0.25) is 0 Å². The summed E-state index contributed by atoms with van der Waals surface area (Å²) in [7, 11) is 1.58. The number of carbonyl (C=O) groups excluding carboxylic acids is 2. The van der Waals surface area contributed by atoms with Crippen molar-refractivity contribution in [3.05, 3.63) is 65.0 Å². The third-order valence-corrected chi connectivity index (χ3v) is 5.11. The Balaban J connectivity index is 1.94. The molecule has 5 heteroatoms. The highest BCUT2D eigenvalue weighted by molar-refractivity contribution is 6.00. The number of halogens is 1. The van der Waals surface area contributed by atoms with E-state index < -0.39 is 0 Å². The molecule has 0 saturated carbocycles. The Kier molecular flexibility index (Phi) is 6.01. The van der Waals surface area contributed by atoms with E-state index >= 15 is 0 Å². The second kappa shape index (κ2) is 8.44. The lowest BCUT2D eigenvalue weighted by Gasteiger charge is -2.27. The number of benzene rings is 2. The van der Waals surface area contributed by atoms with Gasteiger partial charge < -0.3 is 4.74 Å². The molecule has 27 heavy (non-hydrogen) atoms. The maximum Gasteiger partial charge on any atom is 0.180 e. The molecule has 1 heterocycles. The minimum Gasteiger partial charge on any atom is -0.496 e. The van der Waals surface area contributed by atoms with Gasteiger partial charge in [-0.05, 0) is 87.3 Å². The number of methoxy groups -OCH3 is 1. The van der Waals surface area contributed by atoms with Gasteiger partial charge in [0.25, 0.3) is 0 Å². The molecule has 2 aromatic rings. The molecule has 1 atom stereocenters. The highest BCUT2D eigenvalue weighted by atomic mass is 19.1. The molecule has 3 rings (SSSR count). The van der Waals surface area contributed by atoms with Gasteiger partial charge in [-0.15, -0.1) is 0 Å². The van der Waals surface area contributed by atoms with E-state index in [1.807, 2.05) is 6.07 Å². The second-order valence-electron chi connectivity index (χ2n) is 6.92. The van der Waals surface area contributed by atoms with Gasteiger partial charge in [0.05, 0.1) is 13.2 Å². The summed E-state index contributed by atoms with van der Waals surface area (Å²) in [5.74, 6) is 0.241. The van der Waals surface area contributed by atoms with Crippen LogP contribution in [-0.2, 0) is 6.42 Å². The zero-order valence-corrected chi connectivity index (χ0v) is 15.7. The van der Waals surface area contributed by atoms with Crippen molar-refractivity contribution in [1.82, 2.24) is 4.90 Å². The molecule has 1 aliphatic rings. The molecule has 0 spiro atoms. The Morgan fingerprint density at radius 3 is 2.30 bits per heavy atom. The zero-order valence-electron chi connectivity index (χ0n) is 15.7. The van der Waals surface area contributed by atoms with E-state index in [1.54, 1.807) is 19.2 Å². The third-order valence-electron chi connectivity index (χ3n) is 5.11. The van der Waals surface area contributed by atoms with Crippen molar-refractivity contribution in [2.75, 3.05) is 20.2 Å². The van der Waals surface area contributed by atoms with Crippen molar-refractivity contribution in [2.45, 2.75) is 32.2 Å². The Hall–Kier alpha value is -2.53. The van der Waals surface area contributed by atoms with E-state index in [1.165, 1.54) is 31.2 Å². The van der Waals surface area contributed by atoms with Gasteiger partial charge in [0.1, 0.15) is 11.6 Å². The Morgan fingerprint density at radius 1 is 1.07 bits per heavy atom. The molecular formula is C22H24FNO3. The molecule has 0 bridgehead atoms. The van der Waals surface area contributed by atoms with Gasteiger partial charge in [0, 0.05) is 11.1 Å². The Labute approximate surface area is 158 Å². The molecule has 1 fully saturated rings. The summed E-state index contributed by atoms with van der Waals surface area (Å²) in [4.78, 5) is 27.1. The quantitative estimate of drug-likeness (QED) is 0.694. The van der Waals surface area contributed by atoms with Crippen LogP contribution in [0.25, 0.3) is 0 Å². The van der Waals surface area contributed by atoms with Gasteiger partial charge in [-0.1, -0.05) is 0 Å². The van der Waals surface area contributed by atoms with Crippen LogP contribution in [0.4, 0.5) is 4.39 Å². The lowest BCUT2D eigenvalue weighted by Crippen LogP contribution is -2.41. The summed E-state index contributed by atoms with van der Waals surface area (Å²) in [5, 5.41) is 0. The first-order valence-corrected chi connectivity index (χ1v) is 9.21. The molecule has 1 saturated heterocycles. The number of rotatable bonds is 7. The van der Waals surface area contributed by atoms with Crippen molar-refractivity contribution in [3.63, 3.8) is 0 Å². The maximum atomic E-state index is 13.2. The zero-order chi connectivity index (χ0) is 19.4. The molecule has 0 N–H and O–H groups in total. The van der Waals surface area contributed by atoms with Crippen LogP contribution in [0.3, 0.4) is 0 Å². The molecule has 0 aromatic heterocycles. The Bertz CT molecular complexity index is 826. The van der Waals surface area contributed by atoms with Crippen LogP contribution >= 0.6 is 0 Å². The van der Waals surface area contributed by atoms with Crippen molar-refractivity contribution >= 4 is 11.6 Å². The fraction of sp³-hybridized carbons (Fsp3) is 0.364. The topological polar surface area (TPSA) is 46.6 Å². The maximum absolute atomic E-state index is 13.2. The minimum atomic E-state index is -0.367. The summed E-state index contributed by atoms with van der Waals surface area (Å²) in [6.07, 6.45) is 2.55. The van der Waals surface area contributed by atoms with E-state index in [-0.39, 0.29) is 23.4 Å². The van der Waals surface area contributed by atoms with Gasteiger partial charge in [-0.3, -0.25) is 14.5 Å². The summed E-state index contributed by atoms with van der Waals surface area (Å²) < 4.78 is 18.7. The predicted molar refractivity (Wildman–Crippen MR) is 102 cm³/mol. The van der Waals surface area contributed by atoms with Crippen molar-refractivity contribution in [2.24, 2.45) is 0 Å². The van der Waals surface area contributed by atoms with E-state index in [0.29, 0.717) is 23.3 Å². The van der Waals surface area contributed by atoms with Crippen LogP contribution in [-0.4, -0.2) is 42.7 Å². The van der Waals surface area contributed by atoms with E-state index in [2.05, 4.69) is 4.90 Å². The number of likely N-dealkylation sites (tertiary alicyclic amines) is 1. The van der Waals surface area contributed by atoms with Crippen LogP contribution < -0.4 is 4.74 Å². The van der Waals surface area contributed by atoms with E-state index in [4.69, 9.17) is 4.74 Å². The number of carbonyl (C=O) groups is 2. The highest BCUT2D eigenvalue weighted by Gasteiger charge is 2.30. The lowest BCUT2D eigenvalue weighted by molar-refractivity contribution is 0.0847. The van der Waals surface area contributed by atoms with E-state index in [0.717, 1.165) is 31.5 Å². The average Bonchev–Trinajstić information content (AvgIpc) is 3.20. The largest absolute Gasteiger partial charge is 0.496 e. The number of ketones is 2. The smallest absolute Gasteiger partial charge is 0.180 e. The molecule has 2 aromatic carbocycles. The van der Waals surface area contributed by atoms with Crippen molar-refractivity contribution in [3.8, 4) is 5.75 Å². The van der Waals surface area contributed by atoms with Crippen LogP contribution in [0.15, 0.2) is 42.5 Å². The second-order valence-corrected chi connectivity index (χ2v) is 6.92. The van der Waals surface area contributed by atoms with Crippen LogP contribution in [0, 0.1) is 5.82 Å². The predicted octanol–water partition coefficient (Wildman–Crippen LogP) is 3.93. The molecular weight excluding hydrogens is 345 g/mol. The third kappa shape index (κ3) is 4.42. The molecule has 4 nitrogen and oxygen atoms in total. The van der Waals surface area contributed by atoms with Crippen LogP contribution in [0.5, 0.6) is 5.75 Å². The van der Waals surface area contributed by atoms with Gasteiger partial charge in [-0.2, -0.15) is 0 Å². The summed E-state index contributed by atoms with van der Waals surface area (Å²) in [6.45, 7) is 3.23. The average molecular weight is 369 g/mol. The summed E-state index contributed by atoms with van der Waals surface area (Å²) in [6, 6.07) is 10.6. The number of hydrogen-bond acceptors (Lipinski definition) is 4. The van der Waals surface area contributed by atoms with Gasteiger partial charge in [0.15, 0.2) is 11.6 Å². The molecule has 142 valence electrons. The van der Waals surface area contributed by atoms with Gasteiger partial charge in [-0.25, -0.2) is 4.39 Å². The standard InChI is InChI=1S/C22H24FNO3/c1-15(25)17-7-10-21(27-2)18(13-17)14-20(24-11-3-4-12-24)22(26)16-5-8-19(23)9-6-16/h5-10,13,20H,3-4,11-12,14H2,1-2H3. The van der Waals surface area contributed by atoms with Crippen molar-refractivity contribution < 1.29 is 18.7 Å². The number of hydrogen-bond donors (Lipinski definition) is 0. The number of ether oxygens (including phenoxy) is 1. The highest BCUT2D eigenvalue weighted by Crippen LogP contribution is 2.26. The fourth-order valence-corrected chi connectivity index (χ4v) is 3.61. The molecule has 0 amide bonds. The fourth-order valence-electron chi connectivity index (χ4n) is 3.61. The lowest BCUT2D eigenvalue weighted by atomic mass is 9.94. The SMILES string of the molecule is COc1ccc(C(C)=O)cc1CC(C(=O)c1ccc(F)cc1)N1CCCC1. The molecule has 0 radical (unpaired) electrons. The Morgan fingerprint density at radius 2 is 1.70 bits per heavy atom. The van der Waals surface area contributed by atoms with E-state index in [9.17, 15) is 14.0 Å². The van der Waals surface area contributed by atoms with Gasteiger partial charge >= 0.3 is 0 Å². The number of nitrogens with zero attached hydrogens (tertiary/aromatic N) is 1. The summed E-state index contributed by atoms with van der Waals surface area (Å²) >= 11 is 0.